The van der Waals surface area contributed by atoms with Gasteiger partial charge in [-0.1, -0.05) is 28.1 Å². The second kappa shape index (κ2) is 5.52. The molecule has 0 aliphatic rings. The van der Waals surface area contributed by atoms with Gasteiger partial charge in [0.05, 0.1) is 7.11 Å². The Morgan fingerprint density at radius 3 is 2.80 bits per heavy atom. The minimum atomic E-state index is -0.621. The zero-order valence-electron chi connectivity index (χ0n) is 8.59. The highest BCUT2D eigenvalue weighted by atomic mass is 79.9. The molecule has 0 amide bonds. The maximum atomic E-state index is 11.1. The summed E-state index contributed by atoms with van der Waals surface area (Å²) in [5.74, 6) is -0.395. The number of rotatable bonds is 3. The van der Waals surface area contributed by atoms with E-state index in [4.69, 9.17) is 11.6 Å². The lowest BCUT2D eigenvalue weighted by Crippen LogP contribution is -2.18. The maximum Gasteiger partial charge on any atom is 0.324 e. The second-order valence-corrected chi connectivity index (χ2v) is 4.66. The number of esters is 1. The van der Waals surface area contributed by atoms with Crippen molar-refractivity contribution < 1.29 is 9.53 Å². The zero-order valence-corrected chi connectivity index (χ0v) is 10.9. The Bertz CT molecular complexity index is 366. The van der Waals surface area contributed by atoms with Crippen LogP contribution < -0.4 is 0 Å². The standard InChI is InChI=1S/C11H12BrClO2/c1-7-3-4-8(5-9(7)12)6-10(13)11(14)15-2/h3-5,10H,6H2,1-2H3. The molecular formula is C11H12BrClO2. The van der Waals surface area contributed by atoms with Crippen molar-refractivity contribution in [2.24, 2.45) is 0 Å². The van der Waals surface area contributed by atoms with Crippen LogP contribution in [-0.4, -0.2) is 18.5 Å². The van der Waals surface area contributed by atoms with E-state index in [0.29, 0.717) is 6.42 Å². The monoisotopic (exact) mass is 290 g/mol. The Kier molecular flexibility index (Phi) is 4.61. The summed E-state index contributed by atoms with van der Waals surface area (Å²) >= 11 is 9.30. The van der Waals surface area contributed by atoms with Gasteiger partial charge in [-0.25, -0.2) is 0 Å². The molecule has 0 fully saturated rings. The first kappa shape index (κ1) is 12.5. The van der Waals surface area contributed by atoms with Gasteiger partial charge >= 0.3 is 5.97 Å². The summed E-state index contributed by atoms with van der Waals surface area (Å²) < 4.78 is 5.58. The van der Waals surface area contributed by atoms with Crippen molar-refractivity contribution in [3.8, 4) is 0 Å². The minimum absolute atomic E-state index is 0.395. The Labute approximate surface area is 103 Å². The van der Waals surface area contributed by atoms with Crippen LogP contribution in [0.4, 0.5) is 0 Å². The predicted molar refractivity (Wildman–Crippen MR) is 64.2 cm³/mol. The van der Waals surface area contributed by atoms with Crippen LogP contribution in [0.1, 0.15) is 11.1 Å². The van der Waals surface area contributed by atoms with E-state index in [1.54, 1.807) is 0 Å². The third kappa shape index (κ3) is 3.50. The number of methoxy groups -OCH3 is 1. The van der Waals surface area contributed by atoms with Crippen molar-refractivity contribution in [3.05, 3.63) is 33.8 Å². The van der Waals surface area contributed by atoms with E-state index in [0.717, 1.165) is 15.6 Å². The van der Waals surface area contributed by atoms with Crippen LogP contribution >= 0.6 is 27.5 Å². The number of hydrogen-bond donors (Lipinski definition) is 0. The van der Waals surface area contributed by atoms with E-state index in [1.165, 1.54) is 7.11 Å². The summed E-state index contributed by atoms with van der Waals surface area (Å²) in [7, 11) is 1.34. The average Bonchev–Trinajstić information content (AvgIpc) is 2.22. The number of alkyl halides is 1. The molecule has 0 bridgehead atoms. The van der Waals surface area contributed by atoms with Crippen molar-refractivity contribution in [2.75, 3.05) is 7.11 Å². The van der Waals surface area contributed by atoms with Crippen molar-refractivity contribution >= 4 is 33.5 Å². The number of halogens is 2. The number of carbonyl (C=O) groups excluding carboxylic acids is 1. The summed E-state index contributed by atoms with van der Waals surface area (Å²) in [4.78, 5) is 11.1. The molecule has 0 aromatic heterocycles. The van der Waals surface area contributed by atoms with Gasteiger partial charge in [0, 0.05) is 4.47 Å². The maximum absolute atomic E-state index is 11.1. The van der Waals surface area contributed by atoms with Crippen LogP contribution in [0.3, 0.4) is 0 Å². The van der Waals surface area contributed by atoms with Crippen LogP contribution in [0.2, 0.25) is 0 Å². The second-order valence-electron chi connectivity index (χ2n) is 3.28. The lowest BCUT2D eigenvalue weighted by atomic mass is 10.1. The fourth-order valence-corrected chi connectivity index (χ4v) is 1.87. The zero-order chi connectivity index (χ0) is 11.4. The molecule has 1 unspecified atom stereocenters. The normalized spacial score (nSPS) is 12.3. The fourth-order valence-electron chi connectivity index (χ4n) is 1.18. The number of hydrogen-bond acceptors (Lipinski definition) is 2. The number of ether oxygens (including phenoxy) is 1. The van der Waals surface area contributed by atoms with Gasteiger partial charge in [-0.15, -0.1) is 11.6 Å². The van der Waals surface area contributed by atoms with Gasteiger partial charge in [-0.3, -0.25) is 4.79 Å². The molecule has 15 heavy (non-hydrogen) atoms. The molecule has 0 N–H and O–H groups in total. The summed E-state index contributed by atoms with van der Waals surface area (Å²) in [6, 6.07) is 5.91. The molecule has 0 aliphatic heterocycles. The molecule has 0 heterocycles. The molecule has 0 spiro atoms. The average molecular weight is 292 g/mol. The van der Waals surface area contributed by atoms with Crippen LogP contribution in [0.15, 0.2) is 22.7 Å². The van der Waals surface area contributed by atoms with Gasteiger partial charge in [-0.2, -0.15) is 0 Å². The van der Waals surface area contributed by atoms with E-state index in [1.807, 2.05) is 25.1 Å². The van der Waals surface area contributed by atoms with Gasteiger partial charge in [0.1, 0.15) is 5.38 Å². The van der Waals surface area contributed by atoms with E-state index in [-0.39, 0.29) is 0 Å². The van der Waals surface area contributed by atoms with Crippen LogP contribution in [0.25, 0.3) is 0 Å². The third-order valence-corrected chi connectivity index (χ3v) is 3.29. The Hall–Kier alpha value is -0.540. The smallest absolute Gasteiger partial charge is 0.324 e. The molecule has 0 radical (unpaired) electrons. The summed E-state index contributed by atoms with van der Waals surface area (Å²) in [5.41, 5.74) is 2.17. The summed E-state index contributed by atoms with van der Waals surface area (Å²) in [6.45, 7) is 2.01. The van der Waals surface area contributed by atoms with Gasteiger partial charge in [0.2, 0.25) is 0 Å². The highest BCUT2D eigenvalue weighted by Crippen LogP contribution is 2.19. The van der Waals surface area contributed by atoms with E-state index in [2.05, 4.69) is 20.7 Å². The molecule has 1 aromatic carbocycles. The van der Waals surface area contributed by atoms with Gasteiger partial charge in [-0.05, 0) is 30.5 Å². The quantitative estimate of drug-likeness (QED) is 0.632. The molecule has 2 nitrogen and oxygen atoms in total. The van der Waals surface area contributed by atoms with Crippen LogP contribution in [0, 0.1) is 6.92 Å². The van der Waals surface area contributed by atoms with E-state index < -0.39 is 11.3 Å². The van der Waals surface area contributed by atoms with Crippen molar-refractivity contribution in [2.45, 2.75) is 18.7 Å². The SMILES string of the molecule is COC(=O)C(Cl)Cc1ccc(C)c(Br)c1. The fraction of sp³-hybridized carbons (Fsp3) is 0.364. The third-order valence-electron chi connectivity index (χ3n) is 2.11. The molecule has 0 saturated carbocycles. The summed E-state index contributed by atoms with van der Waals surface area (Å²) in [5, 5.41) is -0.621. The molecule has 1 aromatic rings. The van der Waals surface area contributed by atoms with Gasteiger partial charge < -0.3 is 4.74 Å². The molecule has 1 rings (SSSR count). The lowest BCUT2D eigenvalue weighted by Gasteiger charge is -2.08. The van der Waals surface area contributed by atoms with Crippen molar-refractivity contribution in [1.82, 2.24) is 0 Å². The van der Waals surface area contributed by atoms with E-state index in [9.17, 15) is 4.79 Å². The largest absolute Gasteiger partial charge is 0.468 e. The molecule has 4 heteroatoms. The first-order valence-corrected chi connectivity index (χ1v) is 5.74. The number of carbonyl (C=O) groups is 1. The highest BCUT2D eigenvalue weighted by Gasteiger charge is 2.16. The summed E-state index contributed by atoms with van der Waals surface area (Å²) in [6.07, 6.45) is 0.479. The first-order valence-electron chi connectivity index (χ1n) is 4.51. The molecule has 0 aliphatic carbocycles. The number of aryl methyl sites for hydroxylation is 1. The van der Waals surface area contributed by atoms with Gasteiger partial charge in [0.25, 0.3) is 0 Å². The predicted octanol–water partition coefficient (Wildman–Crippen LogP) is 3.08. The van der Waals surface area contributed by atoms with Crippen molar-refractivity contribution in [3.63, 3.8) is 0 Å². The topological polar surface area (TPSA) is 26.3 Å². The minimum Gasteiger partial charge on any atom is -0.468 e. The molecule has 0 saturated heterocycles. The number of benzene rings is 1. The molecular weight excluding hydrogens is 279 g/mol. The Balaban J connectivity index is 2.73. The Morgan fingerprint density at radius 2 is 2.27 bits per heavy atom. The Morgan fingerprint density at radius 1 is 1.60 bits per heavy atom. The highest BCUT2D eigenvalue weighted by molar-refractivity contribution is 9.10. The molecule has 82 valence electrons. The van der Waals surface area contributed by atoms with Crippen LogP contribution in [0.5, 0.6) is 0 Å². The van der Waals surface area contributed by atoms with Crippen LogP contribution in [-0.2, 0) is 16.0 Å². The van der Waals surface area contributed by atoms with Crippen molar-refractivity contribution in [1.29, 1.82) is 0 Å². The lowest BCUT2D eigenvalue weighted by molar-refractivity contribution is -0.140. The molecule has 1 atom stereocenters. The van der Waals surface area contributed by atoms with E-state index >= 15 is 0 Å². The van der Waals surface area contributed by atoms with Gasteiger partial charge in [0.15, 0.2) is 0 Å². The first-order chi connectivity index (χ1) is 7.04.